The molecule has 2 rings (SSSR count). The average molecular weight is 309 g/mol. The number of hydrogen-bond acceptors (Lipinski definition) is 5. The second-order valence-corrected chi connectivity index (χ2v) is 6.61. The van der Waals surface area contributed by atoms with Crippen LogP contribution in [0.15, 0.2) is 29.4 Å². The van der Waals surface area contributed by atoms with Crippen LogP contribution < -0.4 is 10.5 Å². The van der Waals surface area contributed by atoms with Gasteiger partial charge in [0.2, 0.25) is 10.0 Å². The highest BCUT2D eigenvalue weighted by Gasteiger charge is 2.19. The summed E-state index contributed by atoms with van der Waals surface area (Å²) in [5.74, 6) is 0. The van der Waals surface area contributed by atoms with E-state index in [1.54, 1.807) is 43.1 Å². The van der Waals surface area contributed by atoms with E-state index in [2.05, 4.69) is 15.0 Å². The van der Waals surface area contributed by atoms with E-state index in [0.717, 1.165) is 0 Å². The molecule has 0 aliphatic carbocycles. The molecule has 1 aromatic carbocycles. The molecule has 0 spiro atoms. The van der Waals surface area contributed by atoms with Gasteiger partial charge in [-0.25, -0.2) is 13.1 Å². The van der Waals surface area contributed by atoms with Gasteiger partial charge in [-0.2, -0.15) is 0 Å². The summed E-state index contributed by atoms with van der Waals surface area (Å²) in [6.07, 6.45) is 3.96. The third-order valence-electron chi connectivity index (χ3n) is 3.08. The standard InChI is InChI=1S/C13H19N5O2S/c1-10-8-12(14)9-11(2)13(10)21(19,20)16-4-3-6-18-7-5-15-17-18/h5,7-9,16H,3-4,6,14H2,1-2H3. The third kappa shape index (κ3) is 3.79. The van der Waals surface area contributed by atoms with E-state index >= 15 is 0 Å². The van der Waals surface area contributed by atoms with Crippen LogP contribution in [0.1, 0.15) is 17.5 Å². The van der Waals surface area contributed by atoms with Gasteiger partial charge in [0, 0.05) is 25.0 Å². The highest BCUT2D eigenvalue weighted by atomic mass is 32.2. The number of hydrogen-bond donors (Lipinski definition) is 2. The second-order valence-electron chi connectivity index (χ2n) is 4.90. The molecule has 1 aromatic heterocycles. The van der Waals surface area contributed by atoms with Crippen molar-refractivity contribution in [2.45, 2.75) is 31.7 Å². The van der Waals surface area contributed by atoms with Crippen LogP contribution in [0.4, 0.5) is 5.69 Å². The topological polar surface area (TPSA) is 103 Å². The molecule has 0 aliphatic heterocycles. The smallest absolute Gasteiger partial charge is 0.241 e. The minimum atomic E-state index is -3.53. The number of aromatic nitrogens is 3. The molecular weight excluding hydrogens is 290 g/mol. The first-order valence-corrected chi connectivity index (χ1v) is 8.09. The summed E-state index contributed by atoms with van der Waals surface area (Å²) in [4.78, 5) is 0.303. The Morgan fingerprint density at radius 1 is 1.29 bits per heavy atom. The monoisotopic (exact) mass is 309 g/mol. The molecule has 0 amide bonds. The van der Waals surface area contributed by atoms with E-state index in [0.29, 0.717) is 41.2 Å². The number of anilines is 1. The van der Waals surface area contributed by atoms with Crippen molar-refractivity contribution in [1.82, 2.24) is 19.7 Å². The first-order valence-electron chi connectivity index (χ1n) is 6.60. The minimum absolute atomic E-state index is 0.303. The van der Waals surface area contributed by atoms with Gasteiger partial charge in [0.25, 0.3) is 0 Å². The van der Waals surface area contributed by atoms with Gasteiger partial charge in [0.15, 0.2) is 0 Å². The van der Waals surface area contributed by atoms with E-state index in [1.165, 1.54) is 0 Å². The predicted octanol–water partition coefficient (Wildman–Crippen LogP) is 0.846. The summed E-state index contributed by atoms with van der Waals surface area (Å²) >= 11 is 0. The number of nitrogens with zero attached hydrogens (tertiary/aromatic N) is 3. The average Bonchev–Trinajstić information content (AvgIpc) is 2.86. The SMILES string of the molecule is Cc1cc(N)cc(C)c1S(=O)(=O)NCCCn1ccnn1. The first kappa shape index (κ1) is 15.5. The maximum absolute atomic E-state index is 12.4. The van der Waals surface area contributed by atoms with Crippen LogP contribution >= 0.6 is 0 Å². The number of nitrogens with two attached hydrogens (primary N) is 1. The zero-order chi connectivity index (χ0) is 15.5. The minimum Gasteiger partial charge on any atom is -0.399 e. The molecule has 1 heterocycles. The van der Waals surface area contributed by atoms with Crippen LogP contribution in [0.25, 0.3) is 0 Å². The van der Waals surface area contributed by atoms with Gasteiger partial charge >= 0.3 is 0 Å². The first-order chi connectivity index (χ1) is 9.90. The fourth-order valence-corrected chi connectivity index (χ4v) is 3.80. The Hall–Kier alpha value is -1.93. The zero-order valence-corrected chi connectivity index (χ0v) is 12.9. The molecule has 21 heavy (non-hydrogen) atoms. The maximum Gasteiger partial charge on any atom is 0.241 e. The van der Waals surface area contributed by atoms with Gasteiger partial charge in [0.05, 0.1) is 11.1 Å². The van der Waals surface area contributed by atoms with Gasteiger partial charge in [-0.15, -0.1) is 5.10 Å². The molecule has 0 aliphatic rings. The normalized spacial score (nSPS) is 11.7. The molecule has 0 fully saturated rings. The lowest BCUT2D eigenvalue weighted by Crippen LogP contribution is -2.27. The summed E-state index contributed by atoms with van der Waals surface area (Å²) in [6.45, 7) is 4.44. The summed E-state index contributed by atoms with van der Waals surface area (Å²) in [6, 6.07) is 3.33. The Labute approximate surface area is 124 Å². The Kier molecular flexibility index (Phi) is 4.59. The van der Waals surface area contributed by atoms with Crippen LogP contribution in [-0.2, 0) is 16.6 Å². The summed E-state index contributed by atoms with van der Waals surface area (Å²) in [5, 5.41) is 7.51. The highest BCUT2D eigenvalue weighted by molar-refractivity contribution is 7.89. The Morgan fingerprint density at radius 2 is 1.95 bits per heavy atom. The molecule has 0 atom stereocenters. The van der Waals surface area contributed by atoms with Crippen molar-refractivity contribution in [3.8, 4) is 0 Å². The van der Waals surface area contributed by atoms with Gasteiger partial charge in [-0.3, -0.25) is 4.68 Å². The van der Waals surface area contributed by atoms with Crippen molar-refractivity contribution in [3.63, 3.8) is 0 Å². The third-order valence-corrected chi connectivity index (χ3v) is 4.84. The summed E-state index contributed by atoms with van der Waals surface area (Å²) in [7, 11) is -3.53. The van der Waals surface area contributed by atoms with Crippen LogP contribution in [0.5, 0.6) is 0 Å². The number of nitrogen functional groups attached to an aromatic ring is 1. The lowest BCUT2D eigenvalue weighted by atomic mass is 10.1. The quantitative estimate of drug-likeness (QED) is 0.608. The van der Waals surface area contributed by atoms with Crippen molar-refractivity contribution in [3.05, 3.63) is 35.7 Å². The number of sulfonamides is 1. The van der Waals surface area contributed by atoms with E-state index in [1.807, 2.05) is 0 Å². The van der Waals surface area contributed by atoms with Gasteiger partial charge in [0.1, 0.15) is 0 Å². The van der Waals surface area contributed by atoms with Crippen LogP contribution in [0.2, 0.25) is 0 Å². The molecule has 2 aromatic rings. The lowest BCUT2D eigenvalue weighted by molar-refractivity contribution is 0.542. The number of nitrogens with one attached hydrogen (secondary N) is 1. The predicted molar refractivity (Wildman–Crippen MR) is 80.2 cm³/mol. The highest BCUT2D eigenvalue weighted by Crippen LogP contribution is 2.22. The molecular formula is C13H19N5O2S. The fraction of sp³-hybridized carbons (Fsp3) is 0.385. The molecule has 0 bridgehead atoms. The summed E-state index contributed by atoms with van der Waals surface area (Å²) < 4.78 is 29.0. The van der Waals surface area contributed by atoms with Crippen molar-refractivity contribution in [2.75, 3.05) is 12.3 Å². The molecule has 3 N–H and O–H groups in total. The molecule has 7 nitrogen and oxygen atoms in total. The largest absolute Gasteiger partial charge is 0.399 e. The number of rotatable bonds is 6. The van der Waals surface area contributed by atoms with Crippen LogP contribution in [0, 0.1) is 13.8 Å². The van der Waals surface area contributed by atoms with Crippen molar-refractivity contribution >= 4 is 15.7 Å². The maximum atomic E-state index is 12.4. The molecule has 0 unspecified atom stereocenters. The van der Waals surface area contributed by atoms with E-state index in [9.17, 15) is 8.42 Å². The van der Waals surface area contributed by atoms with Gasteiger partial charge in [-0.1, -0.05) is 5.21 Å². The number of benzene rings is 1. The van der Waals surface area contributed by atoms with Crippen LogP contribution in [-0.4, -0.2) is 30.0 Å². The molecule has 0 saturated heterocycles. The molecule has 114 valence electrons. The fourth-order valence-electron chi connectivity index (χ4n) is 2.28. The van der Waals surface area contributed by atoms with Gasteiger partial charge < -0.3 is 5.73 Å². The molecule has 0 radical (unpaired) electrons. The van der Waals surface area contributed by atoms with E-state index in [-0.39, 0.29) is 0 Å². The zero-order valence-electron chi connectivity index (χ0n) is 12.1. The summed E-state index contributed by atoms with van der Waals surface area (Å²) in [5.41, 5.74) is 7.58. The Bertz CT molecular complexity index is 687. The van der Waals surface area contributed by atoms with Crippen molar-refractivity contribution in [2.24, 2.45) is 0 Å². The Balaban J connectivity index is 2.02. The molecule has 8 heteroatoms. The molecule has 0 saturated carbocycles. The van der Waals surface area contributed by atoms with Crippen molar-refractivity contribution < 1.29 is 8.42 Å². The Morgan fingerprint density at radius 3 is 2.52 bits per heavy atom. The van der Waals surface area contributed by atoms with E-state index < -0.39 is 10.0 Å². The van der Waals surface area contributed by atoms with Crippen molar-refractivity contribution in [1.29, 1.82) is 0 Å². The van der Waals surface area contributed by atoms with E-state index in [4.69, 9.17) is 5.73 Å². The van der Waals surface area contributed by atoms with Gasteiger partial charge in [-0.05, 0) is 43.5 Å². The lowest BCUT2D eigenvalue weighted by Gasteiger charge is -2.13. The second kappa shape index (κ2) is 6.23. The van der Waals surface area contributed by atoms with Crippen LogP contribution in [0.3, 0.4) is 0 Å². The number of aryl methyl sites for hydroxylation is 3.